The van der Waals surface area contributed by atoms with Gasteiger partial charge in [-0.3, -0.25) is 9.59 Å². The third-order valence-corrected chi connectivity index (χ3v) is 5.16. The summed E-state index contributed by atoms with van der Waals surface area (Å²) >= 11 is 0. The van der Waals surface area contributed by atoms with Gasteiger partial charge >= 0.3 is 0 Å². The van der Waals surface area contributed by atoms with Crippen LogP contribution in [0.5, 0.6) is 0 Å². The van der Waals surface area contributed by atoms with Crippen LogP contribution >= 0.6 is 0 Å². The predicted octanol–water partition coefficient (Wildman–Crippen LogP) is 1.39. The molecule has 0 aliphatic carbocycles. The number of hydrogen-bond donors (Lipinski definition) is 3. The van der Waals surface area contributed by atoms with E-state index in [1.165, 1.54) is 30.3 Å². The molecule has 7 nitrogen and oxygen atoms in total. The van der Waals surface area contributed by atoms with E-state index in [1.807, 2.05) is 6.07 Å². The van der Waals surface area contributed by atoms with Crippen molar-refractivity contribution in [2.75, 3.05) is 6.54 Å². The summed E-state index contributed by atoms with van der Waals surface area (Å²) in [4.78, 5) is 27.0. The average Bonchev–Trinajstić information content (AvgIpc) is 2.59. The van der Waals surface area contributed by atoms with Crippen molar-refractivity contribution in [3.63, 3.8) is 0 Å². The first-order valence-corrected chi connectivity index (χ1v) is 9.41. The second-order valence-corrected chi connectivity index (χ2v) is 7.56. The fourth-order valence-electron chi connectivity index (χ4n) is 2.43. The largest absolute Gasteiger partial charge is 0.348 e. The Morgan fingerprint density at radius 2 is 2.00 bits per heavy atom. The zero-order valence-electron chi connectivity index (χ0n) is 14.6. The molecule has 1 aromatic heterocycles. The zero-order valence-corrected chi connectivity index (χ0v) is 15.4. The van der Waals surface area contributed by atoms with E-state index < -0.39 is 15.9 Å². The van der Waals surface area contributed by atoms with Gasteiger partial charge in [0.2, 0.25) is 10.0 Å². The lowest BCUT2D eigenvalue weighted by Gasteiger charge is -2.09. The molecule has 1 aromatic carbocycles. The van der Waals surface area contributed by atoms with E-state index in [2.05, 4.69) is 21.6 Å². The van der Waals surface area contributed by atoms with Crippen LogP contribution in [0.4, 0.5) is 0 Å². The van der Waals surface area contributed by atoms with Gasteiger partial charge in [-0.25, -0.2) is 13.1 Å². The Morgan fingerprint density at radius 1 is 1.27 bits per heavy atom. The molecule has 0 unspecified atom stereocenters. The molecule has 0 spiro atoms. The van der Waals surface area contributed by atoms with Crippen molar-refractivity contribution in [1.82, 2.24) is 15.0 Å². The first-order valence-electron chi connectivity index (χ1n) is 7.93. The van der Waals surface area contributed by atoms with Crippen molar-refractivity contribution < 1.29 is 13.2 Å². The normalized spacial score (nSPS) is 11.2. The summed E-state index contributed by atoms with van der Waals surface area (Å²) in [5.74, 6) is -0.467. The summed E-state index contributed by atoms with van der Waals surface area (Å²) in [6.07, 6.45) is 1.43. The van der Waals surface area contributed by atoms with Gasteiger partial charge in [0.05, 0.1) is 4.90 Å². The van der Waals surface area contributed by atoms with E-state index in [1.54, 1.807) is 13.8 Å². The minimum atomic E-state index is -3.72. The van der Waals surface area contributed by atoms with Crippen LogP contribution in [-0.2, 0) is 16.6 Å². The first-order chi connectivity index (χ1) is 12.2. The number of aromatic amines is 1. The topological polar surface area (TPSA) is 108 Å². The molecule has 3 N–H and O–H groups in total. The number of benzene rings is 1. The number of aryl methyl sites for hydroxylation is 2. The molecule has 1 heterocycles. The Morgan fingerprint density at radius 3 is 2.65 bits per heavy atom. The highest BCUT2D eigenvalue weighted by Crippen LogP contribution is 2.12. The number of aromatic nitrogens is 1. The highest BCUT2D eigenvalue weighted by atomic mass is 32.2. The maximum absolute atomic E-state index is 12.3. The Balaban J connectivity index is 2.17. The molecule has 0 aliphatic heterocycles. The molecular weight excluding hydrogens is 354 g/mol. The minimum absolute atomic E-state index is 0.0173. The van der Waals surface area contributed by atoms with Gasteiger partial charge in [-0.2, -0.15) is 0 Å². The molecule has 2 rings (SSSR count). The SMILES string of the molecule is C=CCNS(=O)(=O)c1cccc(C(=O)NCc2c(C)cc(C)[nH]c2=O)c1. The Bertz CT molecular complexity index is 994. The second-order valence-electron chi connectivity index (χ2n) is 5.79. The van der Waals surface area contributed by atoms with Crippen LogP contribution in [0.25, 0.3) is 0 Å². The smallest absolute Gasteiger partial charge is 0.253 e. The number of rotatable bonds is 7. The van der Waals surface area contributed by atoms with Crippen molar-refractivity contribution in [2.24, 2.45) is 0 Å². The van der Waals surface area contributed by atoms with Gasteiger partial charge in [-0.05, 0) is 43.7 Å². The van der Waals surface area contributed by atoms with E-state index >= 15 is 0 Å². The van der Waals surface area contributed by atoms with Crippen molar-refractivity contribution >= 4 is 15.9 Å². The number of sulfonamides is 1. The van der Waals surface area contributed by atoms with Gasteiger partial charge < -0.3 is 10.3 Å². The molecular formula is C18H21N3O4S. The standard InChI is InChI=1S/C18H21N3O4S/c1-4-8-20-26(24,25)15-7-5-6-14(10-15)17(22)19-11-16-12(2)9-13(3)21-18(16)23/h4-7,9-10,20H,1,8,11H2,2-3H3,(H,19,22)(H,21,23). The Labute approximate surface area is 152 Å². The average molecular weight is 375 g/mol. The molecule has 138 valence electrons. The summed E-state index contributed by atoms with van der Waals surface area (Å²) < 4.78 is 26.6. The van der Waals surface area contributed by atoms with Crippen LogP contribution in [0.15, 0.2) is 52.7 Å². The lowest BCUT2D eigenvalue weighted by molar-refractivity contribution is 0.0950. The fourth-order valence-corrected chi connectivity index (χ4v) is 3.47. The molecule has 0 fully saturated rings. The Hall–Kier alpha value is -2.71. The molecule has 0 atom stereocenters. The molecule has 0 saturated heterocycles. The van der Waals surface area contributed by atoms with E-state index in [0.717, 1.165) is 11.3 Å². The molecule has 0 radical (unpaired) electrons. The summed E-state index contributed by atoms with van der Waals surface area (Å²) in [5, 5.41) is 2.65. The van der Waals surface area contributed by atoms with E-state index in [-0.39, 0.29) is 29.1 Å². The van der Waals surface area contributed by atoms with Gasteiger partial charge in [0.15, 0.2) is 0 Å². The highest BCUT2D eigenvalue weighted by Gasteiger charge is 2.16. The number of carbonyl (C=O) groups excluding carboxylic acids is 1. The number of nitrogens with one attached hydrogen (secondary N) is 3. The van der Waals surface area contributed by atoms with E-state index in [0.29, 0.717) is 5.56 Å². The maximum Gasteiger partial charge on any atom is 0.253 e. The second kappa shape index (κ2) is 8.11. The van der Waals surface area contributed by atoms with E-state index in [9.17, 15) is 18.0 Å². The van der Waals surface area contributed by atoms with Crippen LogP contribution in [-0.4, -0.2) is 25.9 Å². The van der Waals surface area contributed by atoms with Crippen LogP contribution in [0, 0.1) is 13.8 Å². The molecule has 0 saturated carbocycles. The van der Waals surface area contributed by atoms with E-state index in [4.69, 9.17) is 0 Å². The summed E-state index contributed by atoms with van der Waals surface area (Å²) in [6.45, 7) is 7.17. The zero-order chi connectivity index (χ0) is 19.3. The molecule has 2 aromatic rings. The summed E-state index contributed by atoms with van der Waals surface area (Å²) in [7, 11) is -3.72. The molecule has 1 amide bonds. The number of carbonyl (C=O) groups is 1. The first kappa shape index (κ1) is 19.6. The van der Waals surface area contributed by atoms with Crippen molar-refractivity contribution in [3.8, 4) is 0 Å². The molecule has 26 heavy (non-hydrogen) atoms. The van der Waals surface area contributed by atoms with Crippen molar-refractivity contribution in [1.29, 1.82) is 0 Å². The van der Waals surface area contributed by atoms with Gasteiger partial charge in [-0.15, -0.1) is 6.58 Å². The third kappa shape index (κ3) is 4.68. The van der Waals surface area contributed by atoms with Crippen LogP contribution in [0.2, 0.25) is 0 Å². The third-order valence-electron chi connectivity index (χ3n) is 3.74. The monoisotopic (exact) mass is 375 g/mol. The van der Waals surface area contributed by atoms with Gasteiger partial charge in [0, 0.05) is 29.9 Å². The summed E-state index contributed by atoms with van der Waals surface area (Å²) in [5.41, 5.74) is 1.91. The quantitative estimate of drug-likeness (QED) is 0.636. The Kier molecular flexibility index (Phi) is 6.12. The summed E-state index contributed by atoms with van der Waals surface area (Å²) in [6, 6.07) is 7.50. The molecule has 0 bridgehead atoms. The molecule has 0 aliphatic rings. The van der Waals surface area contributed by atoms with Crippen LogP contribution in [0.3, 0.4) is 0 Å². The van der Waals surface area contributed by atoms with Crippen LogP contribution < -0.4 is 15.6 Å². The van der Waals surface area contributed by atoms with Crippen molar-refractivity contribution in [3.05, 3.63) is 75.7 Å². The predicted molar refractivity (Wildman–Crippen MR) is 99.5 cm³/mol. The number of amides is 1. The van der Waals surface area contributed by atoms with Gasteiger partial charge in [0.25, 0.3) is 11.5 Å². The highest BCUT2D eigenvalue weighted by molar-refractivity contribution is 7.89. The van der Waals surface area contributed by atoms with Gasteiger partial charge in [-0.1, -0.05) is 12.1 Å². The van der Waals surface area contributed by atoms with Crippen molar-refractivity contribution in [2.45, 2.75) is 25.3 Å². The molecule has 8 heteroatoms. The lowest BCUT2D eigenvalue weighted by Crippen LogP contribution is -2.28. The fraction of sp³-hybridized carbons (Fsp3) is 0.222. The van der Waals surface area contributed by atoms with Gasteiger partial charge in [0.1, 0.15) is 0 Å². The number of H-pyrrole nitrogens is 1. The number of pyridine rings is 1. The maximum atomic E-state index is 12.3. The lowest BCUT2D eigenvalue weighted by atomic mass is 10.1. The number of hydrogen-bond acceptors (Lipinski definition) is 4. The minimum Gasteiger partial charge on any atom is -0.348 e. The van der Waals surface area contributed by atoms with Crippen LogP contribution in [0.1, 0.15) is 27.2 Å².